The predicted octanol–water partition coefficient (Wildman–Crippen LogP) is -0.433. The molecule has 1 atom stereocenters. The van der Waals surface area contributed by atoms with E-state index in [2.05, 4.69) is 20.6 Å². The molecular formula is C9H14N6O. The number of aromatic amines is 1. The number of rotatable bonds is 4. The number of fused-ring (bicyclic) bond motifs is 1. The van der Waals surface area contributed by atoms with Gasteiger partial charge in [-0.3, -0.25) is 0 Å². The van der Waals surface area contributed by atoms with Crippen molar-refractivity contribution in [2.24, 2.45) is 5.73 Å². The van der Waals surface area contributed by atoms with Crippen LogP contribution in [0, 0.1) is 0 Å². The highest BCUT2D eigenvalue weighted by molar-refractivity contribution is 5.43. The summed E-state index contributed by atoms with van der Waals surface area (Å²) in [4.78, 5) is 11.3. The maximum absolute atomic E-state index is 11.3. The third kappa shape index (κ3) is 1.89. The summed E-state index contributed by atoms with van der Waals surface area (Å²) >= 11 is 0. The maximum Gasteiger partial charge on any atom is 0.364 e. The van der Waals surface area contributed by atoms with Crippen molar-refractivity contribution in [3.63, 3.8) is 0 Å². The van der Waals surface area contributed by atoms with Crippen LogP contribution < -0.4 is 16.7 Å². The minimum atomic E-state index is -0.348. The Morgan fingerprint density at radius 1 is 1.62 bits per heavy atom. The molecule has 0 bridgehead atoms. The summed E-state index contributed by atoms with van der Waals surface area (Å²) < 4.78 is 1.21. The molecule has 0 aliphatic rings. The third-order valence-electron chi connectivity index (χ3n) is 2.40. The highest BCUT2D eigenvalue weighted by Crippen LogP contribution is 2.05. The summed E-state index contributed by atoms with van der Waals surface area (Å²) in [5.41, 5.74) is 5.73. The van der Waals surface area contributed by atoms with Crippen LogP contribution in [0.15, 0.2) is 16.9 Å². The van der Waals surface area contributed by atoms with Gasteiger partial charge in [-0.2, -0.15) is 9.61 Å². The summed E-state index contributed by atoms with van der Waals surface area (Å²) in [5.74, 6) is 0.619. The first-order valence-electron chi connectivity index (χ1n) is 5.15. The second kappa shape index (κ2) is 4.31. The lowest BCUT2D eigenvalue weighted by Gasteiger charge is -2.14. The quantitative estimate of drug-likeness (QED) is 0.651. The summed E-state index contributed by atoms with van der Waals surface area (Å²) in [5, 5.41) is 13.4. The second-order valence-corrected chi connectivity index (χ2v) is 3.50. The number of hydrogen-bond donors (Lipinski definition) is 3. The minimum absolute atomic E-state index is 0.160. The topological polar surface area (TPSA) is 101 Å². The Kier molecular flexibility index (Phi) is 2.86. The number of nitrogens with zero attached hydrogens (tertiary/aromatic N) is 3. The molecule has 0 aliphatic heterocycles. The van der Waals surface area contributed by atoms with E-state index >= 15 is 0 Å². The van der Waals surface area contributed by atoms with Crippen molar-refractivity contribution in [2.75, 3.05) is 11.9 Å². The van der Waals surface area contributed by atoms with Gasteiger partial charge in [-0.1, -0.05) is 6.92 Å². The summed E-state index contributed by atoms with van der Waals surface area (Å²) in [6, 6.07) is 3.65. The molecule has 7 nitrogen and oxygen atoms in total. The minimum Gasteiger partial charge on any atom is -0.365 e. The van der Waals surface area contributed by atoms with E-state index in [1.807, 2.05) is 6.92 Å². The van der Waals surface area contributed by atoms with Crippen LogP contribution in [-0.2, 0) is 0 Å². The summed E-state index contributed by atoms with van der Waals surface area (Å²) in [7, 11) is 0. The zero-order valence-corrected chi connectivity index (χ0v) is 8.97. The average molecular weight is 222 g/mol. The van der Waals surface area contributed by atoms with Gasteiger partial charge in [0.1, 0.15) is 5.82 Å². The van der Waals surface area contributed by atoms with Crippen molar-refractivity contribution in [3.8, 4) is 0 Å². The lowest BCUT2D eigenvalue weighted by Crippen LogP contribution is -2.29. The maximum atomic E-state index is 11.3. The Labute approximate surface area is 91.7 Å². The highest BCUT2D eigenvalue weighted by atomic mass is 16.2. The molecule has 7 heteroatoms. The fourth-order valence-electron chi connectivity index (χ4n) is 1.42. The zero-order chi connectivity index (χ0) is 11.5. The number of hydrogen-bond acceptors (Lipinski definition) is 5. The Morgan fingerprint density at radius 2 is 2.44 bits per heavy atom. The van der Waals surface area contributed by atoms with E-state index in [1.54, 1.807) is 12.1 Å². The molecule has 16 heavy (non-hydrogen) atoms. The van der Waals surface area contributed by atoms with E-state index in [0.717, 1.165) is 6.42 Å². The van der Waals surface area contributed by atoms with Crippen LogP contribution in [0.25, 0.3) is 5.65 Å². The highest BCUT2D eigenvalue weighted by Gasteiger charge is 2.06. The summed E-state index contributed by atoms with van der Waals surface area (Å²) in [6.07, 6.45) is 0.899. The molecule has 0 radical (unpaired) electrons. The Hall–Kier alpha value is -1.89. The van der Waals surface area contributed by atoms with Gasteiger partial charge >= 0.3 is 5.69 Å². The Balaban J connectivity index is 2.31. The molecule has 0 saturated carbocycles. The second-order valence-electron chi connectivity index (χ2n) is 3.50. The Morgan fingerprint density at radius 3 is 3.12 bits per heavy atom. The van der Waals surface area contributed by atoms with Crippen molar-refractivity contribution in [1.82, 2.24) is 19.8 Å². The summed E-state index contributed by atoms with van der Waals surface area (Å²) in [6.45, 7) is 2.56. The van der Waals surface area contributed by atoms with Crippen LogP contribution in [0.4, 0.5) is 5.82 Å². The van der Waals surface area contributed by atoms with Gasteiger partial charge in [0.05, 0.1) is 0 Å². The molecule has 2 heterocycles. The van der Waals surface area contributed by atoms with Crippen molar-refractivity contribution in [3.05, 3.63) is 22.6 Å². The van der Waals surface area contributed by atoms with E-state index in [0.29, 0.717) is 18.0 Å². The largest absolute Gasteiger partial charge is 0.365 e. The van der Waals surface area contributed by atoms with Crippen molar-refractivity contribution < 1.29 is 0 Å². The molecule has 0 aromatic carbocycles. The molecule has 0 amide bonds. The first-order valence-corrected chi connectivity index (χ1v) is 5.15. The van der Waals surface area contributed by atoms with Gasteiger partial charge in [-0.15, -0.1) is 5.10 Å². The molecule has 0 fully saturated rings. The predicted molar refractivity (Wildman–Crippen MR) is 60.4 cm³/mol. The molecule has 0 aliphatic carbocycles. The molecule has 2 aromatic rings. The lowest BCUT2D eigenvalue weighted by molar-refractivity contribution is 0.694. The first-order chi connectivity index (χ1) is 7.74. The van der Waals surface area contributed by atoms with Crippen molar-refractivity contribution >= 4 is 11.5 Å². The molecular weight excluding hydrogens is 208 g/mol. The molecule has 0 spiro atoms. The molecule has 2 aromatic heterocycles. The normalized spacial score (nSPS) is 12.9. The monoisotopic (exact) mass is 222 g/mol. The first kappa shape index (κ1) is 10.6. The van der Waals surface area contributed by atoms with Crippen molar-refractivity contribution in [1.29, 1.82) is 0 Å². The molecule has 1 unspecified atom stereocenters. The van der Waals surface area contributed by atoms with Gasteiger partial charge in [0.15, 0.2) is 5.65 Å². The van der Waals surface area contributed by atoms with E-state index in [4.69, 9.17) is 5.73 Å². The molecule has 0 saturated heterocycles. The molecule has 86 valence electrons. The van der Waals surface area contributed by atoms with Gasteiger partial charge in [-0.05, 0) is 18.6 Å². The van der Waals surface area contributed by atoms with E-state index in [-0.39, 0.29) is 11.7 Å². The Bertz CT molecular complexity index is 526. The number of nitrogens with one attached hydrogen (secondary N) is 2. The SMILES string of the molecule is CCC(CN)Nc1ccc2n[nH]c(=O)n2n1. The van der Waals surface area contributed by atoms with Crippen LogP contribution in [0.3, 0.4) is 0 Å². The fraction of sp³-hybridized carbons (Fsp3) is 0.444. The van der Waals surface area contributed by atoms with E-state index in [1.165, 1.54) is 4.52 Å². The van der Waals surface area contributed by atoms with Gasteiger partial charge in [0.2, 0.25) is 0 Å². The van der Waals surface area contributed by atoms with Crippen LogP contribution in [0.2, 0.25) is 0 Å². The van der Waals surface area contributed by atoms with E-state index in [9.17, 15) is 4.79 Å². The average Bonchev–Trinajstić information content (AvgIpc) is 2.68. The van der Waals surface area contributed by atoms with Crippen LogP contribution in [0.5, 0.6) is 0 Å². The van der Waals surface area contributed by atoms with Crippen LogP contribution in [-0.4, -0.2) is 32.4 Å². The zero-order valence-electron chi connectivity index (χ0n) is 8.97. The third-order valence-corrected chi connectivity index (χ3v) is 2.40. The number of anilines is 1. The smallest absolute Gasteiger partial charge is 0.364 e. The van der Waals surface area contributed by atoms with Crippen LogP contribution >= 0.6 is 0 Å². The standard InChI is InChI=1S/C9H14N6O/c1-2-6(5-10)11-7-3-4-8-12-13-9(16)15(8)14-7/h3-4,6H,2,5,10H2,1H3,(H,11,14)(H,13,16). The molecule has 4 N–H and O–H groups in total. The number of H-pyrrole nitrogens is 1. The van der Waals surface area contributed by atoms with Gasteiger partial charge in [0.25, 0.3) is 0 Å². The lowest BCUT2D eigenvalue weighted by atomic mass is 10.2. The van der Waals surface area contributed by atoms with Crippen LogP contribution in [0.1, 0.15) is 13.3 Å². The van der Waals surface area contributed by atoms with Gasteiger partial charge in [-0.25, -0.2) is 9.89 Å². The van der Waals surface area contributed by atoms with Gasteiger partial charge in [0, 0.05) is 12.6 Å². The van der Waals surface area contributed by atoms with Gasteiger partial charge < -0.3 is 11.1 Å². The fourth-order valence-corrected chi connectivity index (χ4v) is 1.42. The number of aromatic nitrogens is 4. The molecule has 2 rings (SSSR count). The van der Waals surface area contributed by atoms with Crippen molar-refractivity contribution in [2.45, 2.75) is 19.4 Å². The number of nitrogens with two attached hydrogens (primary N) is 1. The van der Waals surface area contributed by atoms with E-state index < -0.39 is 0 Å².